The summed E-state index contributed by atoms with van der Waals surface area (Å²) < 4.78 is 1.16. The predicted octanol–water partition coefficient (Wildman–Crippen LogP) is 5.36. The maximum atomic E-state index is 6.39. The van der Waals surface area contributed by atoms with Gasteiger partial charge in [0.15, 0.2) is 0 Å². The highest BCUT2D eigenvalue weighted by atomic mass is 79.9. The summed E-state index contributed by atoms with van der Waals surface area (Å²) in [5.41, 5.74) is 2.51. The number of halogens is 2. The van der Waals surface area contributed by atoms with Crippen molar-refractivity contribution in [2.75, 3.05) is 0 Å². The van der Waals surface area contributed by atoms with Crippen molar-refractivity contribution in [3.8, 4) is 0 Å². The fourth-order valence-corrected chi connectivity index (χ4v) is 2.55. The molecule has 0 aromatic heterocycles. The first-order valence-electron chi connectivity index (χ1n) is 5.70. The van der Waals surface area contributed by atoms with Crippen LogP contribution < -0.4 is 0 Å². The van der Waals surface area contributed by atoms with E-state index in [4.69, 9.17) is 11.6 Å². The third-order valence-corrected chi connectivity index (χ3v) is 4.03. The summed E-state index contributed by atoms with van der Waals surface area (Å²) in [5.74, 6) is 0. The van der Waals surface area contributed by atoms with Crippen LogP contribution in [0.25, 0.3) is 0 Å². The average Bonchev–Trinajstić information content (AvgIpc) is 2.38. The number of rotatable bonds is 4. The van der Waals surface area contributed by atoms with Crippen LogP contribution in [0.2, 0.25) is 0 Å². The quantitative estimate of drug-likeness (QED) is 0.667. The summed E-state index contributed by atoms with van der Waals surface area (Å²) in [6.45, 7) is 0. The normalized spacial score (nSPS) is 12.4. The molecular formula is C15H14BrCl. The highest BCUT2D eigenvalue weighted by Crippen LogP contribution is 2.27. The second-order valence-corrected chi connectivity index (χ2v) is 5.39. The molecule has 2 rings (SSSR count). The van der Waals surface area contributed by atoms with Crippen molar-refractivity contribution >= 4 is 27.5 Å². The highest BCUT2D eigenvalue weighted by molar-refractivity contribution is 9.10. The van der Waals surface area contributed by atoms with Gasteiger partial charge in [-0.1, -0.05) is 64.5 Å². The van der Waals surface area contributed by atoms with Gasteiger partial charge >= 0.3 is 0 Å². The van der Waals surface area contributed by atoms with Gasteiger partial charge in [0, 0.05) is 4.47 Å². The van der Waals surface area contributed by atoms with Gasteiger partial charge in [0.25, 0.3) is 0 Å². The number of aryl methyl sites for hydroxylation is 1. The van der Waals surface area contributed by atoms with E-state index in [0.29, 0.717) is 0 Å². The zero-order valence-electron chi connectivity index (χ0n) is 9.44. The molecule has 1 unspecified atom stereocenters. The van der Waals surface area contributed by atoms with Crippen LogP contribution >= 0.6 is 27.5 Å². The van der Waals surface area contributed by atoms with Gasteiger partial charge in [-0.05, 0) is 30.0 Å². The van der Waals surface area contributed by atoms with Crippen LogP contribution in [-0.4, -0.2) is 0 Å². The van der Waals surface area contributed by atoms with Crippen LogP contribution in [0.15, 0.2) is 59.1 Å². The summed E-state index contributed by atoms with van der Waals surface area (Å²) >= 11 is 9.95. The molecule has 0 aliphatic rings. The molecule has 0 amide bonds. The molecule has 2 heteroatoms. The van der Waals surface area contributed by atoms with Crippen molar-refractivity contribution in [3.05, 3.63) is 70.2 Å². The van der Waals surface area contributed by atoms with E-state index >= 15 is 0 Å². The van der Waals surface area contributed by atoms with Crippen molar-refractivity contribution in [1.29, 1.82) is 0 Å². The van der Waals surface area contributed by atoms with E-state index in [-0.39, 0.29) is 5.38 Å². The maximum Gasteiger partial charge on any atom is 0.0588 e. The Labute approximate surface area is 116 Å². The molecule has 0 nitrogen and oxygen atoms in total. The van der Waals surface area contributed by atoms with Gasteiger partial charge in [0.1, 0.15) is 0 Å². The molecule has 0 saturated carbocycles. The first-order chi connectivity index (χ1) is 8.27. The predicted molar refractivity (Wildman–Crippen MR) is 77.5 cm³/mol. The molecule has 1 atom stereocenters. The van der Waals surface area contributed by atoms with E-state index < -0.39 is 0 Å². The van der Waals surface area contributed by atoms with Gasteiger partial charge in [0.2, 0.25) is 0 Å². The molecule has 0 aliphatic carbocycles. The fourth-order valence-electron chi connectivity index (χ4n) is 1.81. The third kappa shape index (κ3) is 3.58. The van der Waals surface area contributed by atoms with Crippen molar-refractivity contribution < 1.29 is 0 Å². The molecular weight excluding hydrogens is 296 g/mol. The minimum atomic E-state index is 0.0864. The van der Waals surface area contributed by atoms with E-state index in [0.717, 1.165) is 17.3 Å². The molecule has 0 radical (unpaired) electrons. The number of hydrogen-bond acceptors (Lipinski definition) is 0. The standard InChI is InChI=1S/C15H14BrCl/c16-14-9-5-4-6-12(14)10-11-15(17)13-7-2-1-3-8-13/h1-9,15H,10-11H2. The Hall–Kier alpha value is -0.790. The maximum absolute atomic E-state index is 6.39. The van der Waals surface area contributed by atoms with Crippen LogP contribution in [-0.2, 0) is 6.42 Å². The van der Waals surface area contributed by atoms with Gasteiger partial charge in [-0.2, -0.15) is 0 Å². The lowest BCUT2D eigenvalue weighted by molar-refractivity contribution is 0.791. The smallest absolute Gasteiger partial charge is 0.0588 e. The fraction of sp³-hybridized carbons (Fsp3) is 0.200. The molecule has 17 heavy (non-hydrogen) atoms. The highest BCUT2D eigenvalue weighted by Gasteiger charge is 2.08. The van der Waals surface area contributed by atoms with Gasteiger partial charge in [-0.15, -0.1) is 11.6 Å². The first kappa shape index (κ1) is 12.7. The zero-order chi connectivity index (χ0) is 12.1. The van der Waals surface area contributed by atoms with Crippen LogP contribution in [0.1, 0.15) is 22.9 Å². The minimum absolute atomic E-state index is 0.0864. The third-order valence-electron chi connectivity index (χ3n) is 2.79. The Morgan fingerprint density at radius 3 is 2.29 bits per heavy atom. The van der Waals surface area contributed by atoms with E-state index in [1.165, 1.54) is 11.1 Å². The van der Waals surface area contributed by atoms with E-state index in [9.17, 15) is 0 Å². The summed E-state index contributed by atoms with van der Waals surface area (Å²) in [5, 5.41) is 0.0864. The number of benzene rings is 2. The number of alkyl halides is 1. The Morgan fingerprint density at radius 2 is 1.59 bits per heavy atom. The molecule has 0 fully saturated rings. The summed E-state index contributed by atoms with van der Waals surface area (Å²) in [7, 11) is 0. The summed E-state index contributed by atoms with van der Waals surface area (Å²) in [6, 6.07) is 18.5. The number of hydrogen-bond donors (Lipinski definition) is 0. The van der Waals surface area contributed by atoms with Gasteiger partial charge in [-0.25, -0.2) is 0 Å². The minimum Gasteiger partial charge on any atom is -0.118 e. The summed E-state index contributed by atoms with van der Waals surface area (Å²) in [4.78, 5) is 0. The van der Waals surface area contributed by atoms with E-state index in [1.54, 1.807) is 0 Å². The molecule has 0 heterocycles. The monoisotopic (exact) mass is 308 g/mol. The topological polar surface area (TPSA) is 0 Å². The Balaban J connectivity index is 1.97. The molecule has 0 bridgehead atoms. The largest absolute Gasteiger partial charge is 0.118 e. The first-order valence-corrected chi connectivity index (χ1v) is 6.93. The molecule has 0 aliphatic heterocycles. The van der Waals surface area contributed by atoms with Crippen molar-refractivity contribution in [1.82, 2.24) is 0 Å². The Bertz CT molecular complexity index is 467. The summed E-state index contributed by atoms with van der Waals surface area (Å²) in [6.07, 6.45) is 1.94. The van der Waals surface area contributed by atoms with Crippen molar-refractivity contribution in [3.63, 3.8) is 0 Å². The van der Waals surface area contributed by atoms with Crippen molar-refractivity contribution in [2.45, 2.75) is 18.2 Å². The zero-order valence-corrected chi connectivity index (χ0v) is 11.8. The van der Waals surface area contributed by atoms with Crippen LogP contribution in [0.4, 0.5) is 0 Å². The van der Waals surface area contributed by atoms with Crippen LogP contribution in [0, 0.1) is 0 Å². The lowest BCUT2D eigenvalue weighted by Gasteiger charge is -2.10. The van der Waals surface area contributed by atoms with Gasteiger partial charge in [0.05, 0.1) is 5.38 Å². The molecule has 2 aromatic carbocycles. The lowest BCUT2D eigenvalue weighted by atomic mass is 10.0. The molecule has 0 spiro atoms. The van der Waals surface area contributed by atoms with E-state index in [2.05, 4.69) is 46.3 Å². The molecule has 0 saturated heterocycles. The second kappa shape index (κ2) is 6.23. The van der Waals surface area contributed by atoms with Crippen molar-refractivity contribution in [2.24, 2.45) is 0 Å². The Kier molecular flexibility index (Phi) is 4.64. The van der Waals surface area contributed by atoms with Crippen LogP contribution in [0.3, 0.4) is 0 Å². The molecule has 88 valence electrons. The Morgan fingerprint density at radius 1 is 0.941 bits per heavy atom. The lowest BCUT2D eigenvalue weighted by Crippen LogP contribution is -1.94. The van der Waals surface area contributed by atoms with Gasteiger partial charge < -0.3 is 0 Å². The van der Waals surface area contributed by atoms with E-state index in [1.807, 2.05) is 24.3 Å². The molecule has 0 N–H and O–H groups in total. The van der Waals surface area contributed by atoms with Gasteiger partial charge in [-0.3, -0.25) is 0 Å². The molecule has 2 aromatic rings. The second-order valence-electron chi connectivity index (χ2n) is 4.01. The van der Waals surface area contributed by atoms with Crippen LogP contribution in [0.5, 0.6) is 0 Å². The average molecular weight is 310 g/mol. The SMILES string of the molecule is ClC(CCc1ccccc1Br)c1ccccc1.